The Morgan fingerprint density at radius 2 is 1.12 bits per heavy atom. The van der Waals surface area contributed by atoms with Crippen LogP contribution in [-0.4, -0.2) is 22.2 Å². The number of carbonyl (C=O) groups is 2. The van der Waals surface area contributed by atoms with Crippen LogP contribution in [0.15, 0.2) is 0 Å². The van der Waals surface area contributed by atoms with E-state index in [1.807, 2.05) is 0 Å². The van der Waals surface area contributed by atoms with Crippen molar-refractivity contribution in [1.82, 2.24) is 0 Å². The Balaban J connectivity index is 3.77. The fourth-order valence-electron chi connectivity index (χ4n) is 1.43. The van der Waals surface area contributed by atoms with Crippen molar-refractivity contribution in [3.63, 3.8) is 0 Å². The summed E-state index contributed by atoms with van der Waals surface area (Å²) in [4.78, 5) is 21.9. The Morgan fingerprint density at radius 3 is 1.31 bits per heavy atom. The molecule has 0 aliphatic heterocycles. The fourth-order valence-corrected chi connectivity index (χ4v) is 2.07. The summed E-state index contributed by atoms with van der Waals surface area (Å²) in [5.74, 6) is -2.46. The maximum absolute atomic E-state index is 10.9. The Morgan fingerprint density at radius 1 is 0.875 bits per heavy atom. The van der Waals surface area contributed by atoms with Crippen LogP contribution < -0.4 is 0 Å². The molecule has 0 fully saturated rings. The van der Waals surface area contributed by atoms with Crippen LogP contribution in [0.5, 0.6) is 0 Å². The van der Waals surface area contributed by atoms with E-state index in [0.717, 1.165) is 0 Å². The molecule has 0 unspecified atom stereocenters. The lowest BCUT2D eigenvalue weighted by Crippen LogP contribution is -2.09. The van der Waals surface area contributed by atoms with Crippen LogP contribution in [0.3, 0.4) is 0 Å². The van der Waals surface area contributed by atoms with Gasteiger partial charge in [0.15, 0.2) is 0 Å². The maximum atomic E-state index is 10.9. The van der Waals surface area contributed by atoms with Crippen LogP contribution in [-0.2, 0) is 0 Å². The number of hydrogen-bond acceptors (Lipinski definition) is 2. The van der Waals surface area contributed by atoms with Gasteiger partial charge in [-0.3, -0.25) is 0 Å². The number of carboxylic acids is 2. The Bertz CT molecular complexity index is 420. The molecule has 0 bridgehead atoms. The largest absolute Gasteiger partial charge is 0.478 e. The molecule has 1 rings (SSSR count). The molecule has 0 atom stereocenters. The Kier molecular flexibility index (Phi) is 3.45. The standard InChI is InChI=1S/C10H8Cl2O4/c1-3-4(2)6(10(15)16)8(12)7(11)5(3)9(13)14/h1-2H3,(H,13,14)(H,15,16). The highest BCUT2D eigenvalue weighted by Gasteiger charge is 2.24. The normalized spacial score (nSPS) is 10.2. The predicted octanol–water partition coefficient (Wildman–Crippen LogP) is 3.01. The minimum atomic E-state index is -1.23. The Hall–Kier alpha value is -1.26. The van der Waals surface area contributed by atoms with Crippen molar-refractivity contribution in [3.8, 4) is 0 Å². The van der Waals surface area contributed by atoms with Crippen molar-refractivity contribution in [1.29, 1.82) is 0 Å². The summed E-state index contributed by atoms with van der Waals surface area (Å²) >= 11 is 11.5. The summed E-state index contributed by atoms with van der Waals surface area (Å²) in [6.45, 7) is 2.99. The van der Waals surface area contributed by atoms with Crippen molar-refractivity contribution in [2.45, 2.75) is 13.8 Å². The monoisotopic (exact) mass is 262 g/mol. The quantitative estimate of drug-likeness (QED) is 0.859. The molecule has 16 heavy (non-hydrogen) atoms. The van der Waals surface area contributed by atoms with Crippen LogP contribution in [0.4, 0.5) is 0 Å². The number of halogens is 2. The van der Waals surface area contributed by atoms with Crippen molar-refractivity contribution in [2.75, 3.05) is 0 Å². The SMILES string of the molecule is Cc1c(C)c(C(=O)O)c(Cl)c(Cl)c1C(=O)O. The van der Waals surface area contributed by atoms with Gasteiger partial charge in [-0.1, -0.05) is 23.2 Å². The molecule has 6 heteroatoms. The van der Waals surface area contributed by atoms with E-state index in [9.17, 15) is 9.59 Å². The number of aromatic carboxylic acids is 2. The van der Waals surface area contributed by atoms with Gasteiger partial charge in [-0.05, 0) is 25.0 Å². The summed E-state index contributed by atoms with van der Waals surface area (Å²) in [7, 11) is 0. The van der Waals surface area contributed by atoms with Gasteiger partial charge in [-0.15, -0.1) is 0 Å². The first-order valence-corrected chi connectivity index (χ1v) is 4.99. The van der Waals surface area contributed by atoms with Crippen LogP contribution in [0.1, 0.15) is 31.8 Å². The van der Waals surface area contributed by atoms with Crippen LogP contribution >= 0.6 is 23.2 Å². The molecule has 0 saturated carbocycles. The van der Waals surface area contributed by atoms with Gasteiger partial charge in [-0.2, -0.15) is 0 Å². The summed E-state index contributed by atoms with van der Waals surface area (Å²) in [5, 5.41) is 17.4. The highest BCUT2D eigenvalue weighted by Crippen LogP contribution is 2.35. The van der Waals surface area contributed by atoms with E-state index in [-0.39, 0.29) is 21.2 Å². The van der Waals surface area contributed by atoms with Gasteiger partial charge in [0.1, 0.15) is 0 Å². The molecule has 2 N–H and O–H groups in total. The lowest BCUT2D eigenvalue weighted by atomic mass is 9.98. The molecule has 0 aliphatic rings. The third-order valence-corrected chi connectivity index (χ3v) is 3.22. The van der Waals surface area contributed by atoms with Crippen LogP contribution in [0, 0.1) is 13.8 Å². The molecule has 0 aromatic heterocycles. The molecule has 1 aromatic carbocycles. The molecule has 0 saturated heterocycles. The van der Waals surface area contributed by atoms with Gasteiger partial charge in [-0.25, -0.2) is 9.59 Å². The molecule has 1 aromatic rings. The van der Waals surface area contributed by atoms with Gasteiger partial charge in [0.2, 0.25) is 0 Å². The number of carboxylic acid groups (broad SMARTS) is 2. The van der Waals surface area contributed by atoms with Crippen molar-refractivity contribution in [2.24, 2.45) is 0 Å². The molecule has 0 heterocycles. The predicted molar refractivity (Wildman–Crippen MR) is 59.9 cm³/mol. The molecule has 0 amide bonds. The first-order valence-electron chi connectivity index (χ1n) is 4.23. The van der Waals surface area contributed by atoms with Gasteiger partial charge < -0.3 is 10.2 Å². The number of rotatable bonds is 2. The average Bonchev–Trinajstić information content (AvgIpc) is 2.14. The molecule has 4 nitrogen and oxygen atoms in total. The molecule has 0 spiro atoms. The maximum Gasteiger partial charge on any atom is 0.337 e. The zero-order valence-electron chi connectivity index (χ0n) is 8.47. The summed E-state index contributed by atoms with van der Waals surface area (Å²) in [6, 6.07) is 0. The van der Waals surface area contributed by atoms with E-state index in [1.165, 1.54) is 13.8 Å². The topological polar surface area (TPSA) is 74.6 Å². The first-order chi connectivity index (χ1) is 7.29. The summed E-state index contributed by atoms with van der Waals surface area (Å²) < 4.78 is 0. The molecule has 86 valence electrons. The van der Waals surface area contributed by atoms with Gasteiger partial charge >= 0.3 is 11.9 Å². The molecule has 0 radical (unpaired) electrons. The zero-order valence-corrected chi connectivity index (χ0v) is 9.98. The summed E-state index contributed by atoms with van der Waals surface area (Å²) in [6.07, 6.45) is 0. The molecular formula is C10H8Cl2O4. The average molecular weight is 263 g/mol. The Labute approximate surface area is 101 Å². The number of hydrogen-bond donors (Lipinski definition) is 2. The van der Waals surface area contributed by atoms with Crippen LogP contribution in [0.2, 0.25) is 10.0 Å². The highest BCUT2D eigenvalue weighted by atomic mass is 35.5. The minimum absolute atomic E-state index is 0.158. The smallest absolute Gasteiger partial charge is 0.337 e. The third-order valence-electron chi connectivity index (χ3n) is 2.37. The van der Waals surface area contributed by atoms with Crippen molar-refractivity contribution < 1.29 is 19.8 Å². The second-order valence-electron chi connectivity index (χ2n) is 3.24. The van der Waals surface area contributed by atoms with Crippen LogP contribution in [0.25, 0.3) is 0 Å². The zero-order chi connectivity index (χ0) is 12.6. The number of benzene rings is 1. The van der Waals surface area contributed by atoms with E-state index in [4.69, 9.17) is 33.4 Å². The van der Waals surface area contributed by atoms with Gasteiger partial charge in [0.25, 0.3) is 0 Å². The van der Waals surface area contributed by atoms with Gasteiger partial charge in [0.05, 0.1) is 21.2 Å². The van der Waals surface area contributed by atoms with Crippen molar-refractivity contribution >= 4 is 35.1 Å². The van der Waals surface area contributed by atoms with Crippen molar-refractivity contribution in [3.05, 3.63) is 32.3 Å². The van der Waals surface area contributed by atoms with E-state index < -0.39 is 11.9 Å². The lowest BCUT2D eigenvalue weighted by molar-refractivity contribution is 0.0680. The highest BCUT2D eigenvalue weighted by molar-refractivity contribution is 6.45. The van der Waals surface area contributed by atoms with E-state index in [1.54, 1.807) is 0 Å². The van der Waals surface area contributed by atoms with E-state index in [2.05, 4.69) is 0 Å². The molecule has 0 aliphatic carbocycles. The van der Waals surface area contributed by atoms with E-state index >= 15 is 0 Å². The molecular weight excluding hydrogens is 255 g/mol. The first kappa shape index (κ1) is 12.8. The lowest BCUT2D eigenvalue weighted by Gasteiger charge is -2.12. The van der Waals surface area contributed by atoms with Gasteiger partial charge in [0, 0.05) is 0 Å². The fraction of sp³-hybridized carbons (Fsp3) is 0.200. The second-order valence-corrected chi connectivity index (χ2v) is 3.99. The summed E-state index contributed by atoms with van der Waals surface area (Å²) in [5.41, 5.74) is 0.293. The second kappa shape index (κ2) is 4.31. The van der Waals surface area contributed by atoms with E-state index in [0.29, 0.717) is 11.1 Å². The third kappa shape index (κ3) is 1.86. The minimum Gasteiger partial charge on any atom is -0.478 e.